The zero-order valence-electron chi connectivity index (χ0n) is 9.08. The van der Waals surface area contributed by atoms with Crippen LogP contribution in [-0.2, 0) is 7.05 Å². The van der Waals surface area contributed by atoms with E-state index in [0.29, 0.717) is 5.92 Å². The zero-order valence-corrected chi connectivity index (χ0v) is 9.08. The van der Waals surface area contributed by atoms with Gasteiger partial charge in [0.25, 0.3) is 0 Å². The minimum Gasteiger partial charge on any atom is -0.384 e. The number of hydrogen-bond donors (Lipinski definition) is 1. The molecule has 1 aromatic heterocycles. The third-order valence-corrected chi connectivity index (χ3v) is 3.38. The summed E-state index contributed by atoms with van der Waals surface area (Å²) >= 11 is 0. The Balaban J connectivity index is 2.26. The maximum atomic E-state index is 6.03. The Morgan fingerprint density at radius 2 is 1.93 bits per heavy atom. The molecule has 2 rings (SSSR count). The van der Waals surface area contributed by atoms with Crippen LogP contribution in [0.5, 0.6) is 0 Å². The molecule has 1 fully saturated rings. The molecule has 0 radical (unpaired) electrons. The molecule has 0 amide bonds. The summed E-state index contributed by atoms with van der Waals surface area (Å²) in [6.07, 6.45) is 6.57. The summed E-state index contributed by atoms with van der Waals surface area (Å²) in [5, 5.41) is 0. The van der Waals surface area contributed by atoms with Gasteiger partial charge in [-0.3, -0.25) is 0 Å². The van der Waals surface area contributed by atoms with E-state index in [1.807, 2.05) is 18.5 Å². The lowest BCUT2D eigenvalue weighted by Crippen LogP contribution is -2.08. The number of rotatable bonds is 1. The lowest BCUT2D eigenvalue weighted by molar-refractivity contribution is 0.438. The van der Waals surface area contributed by atoms with Crippen molar-refractivity contribution in [2.45, 2.75) is 44.9 Å². The predicted molar refractivity (Wildman–Crippen MR) is 58.2 cm³/mol. The number of nitrogen functional groups attached to an aromatic ring is 1. The van der Waals surface area contributed by atoms with Crippen LogP contribution in [-0.4, -0.2) is 9.55 Å². The van der Waals surface area contributed by atoms with Gasteiger partial charge in [-0.05, 0) is 19.8 Å². The molecule has 3 nitrogen and oxygen atoms in total. The van der Waals surface area contributed by atoms with Crippen LogP contribution in [0.4, 0.5) is 5.82 Å². The first kappa shape index (κ1) is 9.56. The van der Waals surface area contributed by atoms with E-state index in [2.05, 4.69) is 4.98 Å². The summed E-state index contributed by atoms with van der Waals surface area (Å²) in [6, 6.07) is 0. The van der Waals surface area contributed by atoms with Gasteiger partial charge in [-0.15, -0.1) is 0 Å². The van der Waals surface area contributed by atoms with Crippen molar-refractivity contribution in [3.8, 4) is 0 Å². The first-order valence-electron chi connectivity index (χ1n) is 5.49. The lowest BCUT2D eigenvalue weighted by Gasteiger charge is -2.20. The Morgan fingerprint density at radius 3 is 2.43 bits per heavy atom. The number of anilines is 1. The van der Waals surface area contributed by atoms with Gasteiger partial charge in [0.2, 0.25) is 0 Å². The van der Waals surface area contributed by atoms with Crippen molar-refractivity contribution in [2.24, 2.45) is 7.05 Å². The monoisotopic (exact) mass is 193 g/mol. The van der Waals surface area contributed by atoms with Crippen molar-refractivity contribution >= 4 is 5.82 Å². The molecule has 1 heterocycles. The fourth-order valence-electron chi connectivity index (χ4n) is 2.33. The highest BCUT2D eigenvalue weighted by Gasteiger charge is 2.21. The average Bonchev–Trinajstić information content (AvgIpc) is 2.47. The fraction of sp³-hybridized carbons (Fsp3) is 0.727. The molecule has 1 aliphatic carbocycles. The minimum absolute atomic E-state index is 0.614. The molecule has 1 aromatic rings. The van der Waals surface area contributed by atoms with Gasteiger partial charge < -0.3 is 10.3 Å². The SMILES string of the molecule is Cc1nc(C2CCCCC2)c(N)n1C. The third-order valence-electron chi connectivity index (χ3n) is 3.38. The molecule has 0 aromatic carbocycles. The molecule has 3 heteroatoms. The van der Waals surface area contributed by atoms with Gasteiger partial charge in [0, 0.05) is 13.0 Å². The van der Waals surface area contributed by atoms with E-state index in [1.165, 1.54) is 32.1 Å². The highest BCUT2D eigenvalue weighted by molar-refractivity contribution is 5.40. The molecule has 1 saturated carbocycles. The summed E-state index contributed by atoms with van der Waals surface area (Å²) in [4.78, 5) is 4.57. The van der Waals surface area contributed by atoms with Crippen LogP contribution in [0, 0.1) is 6.92 Å². The summed E-state index contributed by atoms with van der Waals surface area (Å²) < 4.78 is 1.99. The first-order valence-corrected chi connectivity index (χ1v) is 5.49. The van der Waals surface area contributed by atoms with Gasteiger partial charge in [0.1, 0.15) is 11.6 Å². The van der Waals surface area contributed by atoms with Crippen LogP contribution in [0.25, 0.3) is 0 Å². The van der Waals surface area contributed by atoms with Crippen molar-refractivity contribution in [3.63, 3.8) is 0 Å². The quantitative estimate of drug-likeness (QED) is 0.744. The number of hydrogen-bond acceptors (Lipinski definition) is 2. The average molecular weight is 193 g/mol. The maximum absolute atomic E-state index is 6.03. The molecule has 0 saturated heterocycles. The van der Waals surface area contributed by atoms with Crippen LogP contribution in [0.15, 0.2) is 0 Å². The van der Waals surface area contributed by atoms with E-state index in [0.717, 1.165) is 17.3 Å². The van der Waals surface area contributed by atoms with Gasteiger partial charge in [0.15, 0.2) is 0 Å². The summed E-state index contributed by atoms with van der Waals surface area (Å²) in [6.45, 7) is 2.02. The van der Waals surface area contributed by atoms with Crippen LogP contribution < -0.4 is 5.73 Å². The van der Waals surface area contributed by atoms with Crippen molar-refractivity contribution in [1.29, 1.82) is 0 Å². The van der Waals surface area contributed by atoms with Crippen molar-refractivity contribution in [1.82, 2.24) is 9.55 Å². The number of nitrogens with zero attached hydrogens (tertiary/aromatic N) is 2. The largest absolute Gasteiger partial charge is 0.384 e. The number of nitrogens with two attached hydrogens (primary N) is 1. The van der Waals surface area contributed by atoms with Crippen LogP contribution in [0.2, 0.25) is 0 Å². The van der Waals surface area contributed by atoms with Gasteiger partial charge in [-0.2, -0.15) is 0 Å². The van der Waals surface area contributed by atoms with Gasteiger partial charge >= 0.3 is 0 Å². The second-order valence-electron chi connectivity index (χ2n) is 4.32. The number of aromatic nitrogens is 2. The molecule has 0 atom stereocenters. The molecule has 2 N–H and O–H groups in total. The smallest absolute Gasteiger partial charge is 0.126 e. The van der Waals surface area contributed by atoms with E-state index < -0.39 is 0 Å². The summed E-state index contributed by atoms with van der Waals surface area (Å²) in [5.41, 5.74) is 7.18. The van der Waals surface area contributed by atoms with Crippen LogP contribution in [0.3, 0.4) is 0 Å². The molecule has 0 spiro atoms. The Kier molecular flexibility index (Phi) is 2.48. The molecular formula is C11H19N3. The minimum atomic E-state index is 0.614. The lowest BCUT2D eigenvalue weighted by atomic mass is 9.87. The van der Waals surface area contributed by atoms with Crippen LogP contribution in [0.1, 0.15) is 49.5 Å². The van der Waals surface area contributed by atoms with E-state index in [-0.39, 0.29) is 0 Å². The normalized spacial score (nSPS) is 18.7. The van der Waals surface area contributed by atoms with Gasteiger partial charge in [0.05, 0.1) is 5.69 Å². The fourth-order valence-corrected chi connectivity index (χ4v) is 2.33. The molecule has 14 heavy (non-hydrogen) atoms. The standard InChI is InChI=1S/C11H19N3/c1-8-13-10(11(12)14(8)2)9-6-4-3-5-7-9/h9H,3-7,12H2,1-2H3. The highest BCUT2D eigenvalue weighted by atomic mass is 15.1. The van der Waals surface area contributed by atoms with Gasteiger partial charge in [-0.1, -0.05) is 19.3 Å². The van der Waals surface area contributed by atoms with Crippen LogP contribution >= 0.6 is 0 Å². The summed E-state index contributed by atoms with van der Waals surface area (Å²) in [5.74, 6) is 2.51. The van der Waals surface area contributed by atoms with Crippen molar-refractivity contribution < 1.29 is 0 Å². The Hall–Kier alpha value is -0.990. The molecule has 0 bridgehead atoms. The highest BCUT2D eigenvalue weighted by Crippen LogP contribution is 2.34. The maximum Gasteiger partial charge on any atom is 0.126 e. The Morgan fingerprint density at radius 1 is 1.29 bits per heavy atom. The predicted octanol–water partition coefficient (Wildman–Crippen LogP) is 2.36. The molecule has 0 aliphatic heterocycles. The van der Waals surface area contributed by atoms with Crippen molar-refractivity contribution in [3.05, 3.63) is 11.5 Å². The second-order valence-corrected chi connectivity index (χ2v) is 4.32. The second kappa shape index (κ2) is 3.64. The first-order chi connectivity index (χ1) is 6.70. The zero-order chi connectivity index (χ0) is 10.1. The number of imidazole rings is 1. The van der Waals surface area contributed by atoms with Gasteiger partial charge in [-0.25, -0.2) is 4.98 Å². The molecule has 0 unspecified atom stereocenters. The van der Waals surface area contributed by atoms with E-state index in [1.54, 1.807) is 0 Å². The third kappa shape index (κ3) is 1.51. The Labute approximate surface area is 85.3 Å². The summed E-state index contributed by atoms with van der Waals surface area (Å²) in [7, 11) is 1.99. The molecular weight excluding hydrogens is 174 g/mol. The Bertz CT molecular complexity index is 322. The number of aryl methyl sites for hydroxylation is 1. The molecule has 1 aliphatic rings. The van der Waals surface area contributed by atoms with E-state index in [9.17, 15) is 0 Å². The van der Waals surface area contributed by atoms with E-state index >= 15 is 0 Å². The topological polar surface area (TPSA) is 43.8 Å². The molecule has 78 valence electrons. The van der Waals surface area contributed by atoms with Crippen molar-refractivity contribution in [2.75, 3.05) is 5.73 Å². The van der Waals surface area contributed by atoms with E-state index in [4.69, 9.17) is 5.73 Å².